The second-order valence-electron chi connectivity index (χ2n) is 3.57. The predicted octanol–water partition coefficient (Wildman–Crippen LogP) is 2.19. The lowest BCUT2D eigenvalue weighted by Gasteiger charge is -2.05. The Balaban J connectivity index is 2.68. The molecule has 0 radical (unpaired) electrons. The molecule has 3 nitrogen and oxygen atoms in total. The highest BCUT2D eigenvalue weighted by molar-refractivity contribution is 5.78. The summed E-state index contributed by atoms with van der Waals surface area (Å²) >= 11 is 0. The third-order valence-electron chi connectivity index (χ3n) is 2.02. The number of benzene rings is 1. The van der Waals surface area contributed by atoms with Crippen molar-refractivity contribution in [3.05, 3.63) is 35.7 Å². The maximum Gasteiger partial charge on any atom is 0.165 e. The minimum Gasteiger partial charge on any atom is -0.488 e. The van der Waals surface area contributed by atoms with Crippen molar-refractivity contribution in [2.45, 2.75) is 13.3 Å². The molecule has 1 N–H and O–H groups in total. The second-order valence-corrected chi connectivity index (χ2v) is 3.57. The molecule has 17 heavy (non-hydrogen) atoms. The second kappa shape index (κ2) is 6.81. The van der Waals surface area contributed by atoms with E-state index in [0.29, 0.717) is 12.0 Å². The van der Waals surface area contributed by atoms with Crippen LogP contribution in [0.15, 0.2) is 24.3 Å². The van der Waals surface area contributed by atoms with Crippen LogP contribution >= 0.6 is 0 Å². The molecule has 0 unspecified atom stereocenters. The Morgan fingerprint density at radius 2 is 2.29 bits per heavy atom. The van der Waals surface area contributed by atoms with Gasteiger partial charge in [-0.15, -0.1) is 0 Å². The van der Waals surface area contributed by atoms with Gasteiger partial charge in [-0.05, 0) is 24.6 Å². The monoisotopic (exact) mass is 238 g/mol. The highest BCUT2D eigenvalue weighted by Gasteiger charge is 2.02. The SMILES string of the molecule is CC(=O)CC=Cc1ccc(OCCO)c(F)c1. The summed E-state index contributed by atoms with van der Waals surface area (Å²) in [7, 11) is 0. The third-order valence-corrected chi connectivity index (χ3v) is 2.02. The van der Waals surface area contributed by atoms with Crippen LogP contribution in [0.25, 0.3) is 6.08 Å². The molecule has 1 aromatic rings. The molecule has 0 saturated carbocycles. The fourth-order valence-electron chi connectivity index (χ4n) is 1.25. The van der Waals surface area contributed by atoms with E-state index < -0.39 is 5.82 Å². The van der Waals surface area contributed by atoms with Crippen LogP contribution in [0.3, 0.4) is 0 Å². The maximum atomic E-state index is 13.5. The predicted molar refractivity (Wildman–Crippen MR) is 63.3 cm³/mol. The fraction of sp³-hybridized carbons (Fsp3) is 0.308. The van der Waals surface area contributed by atoms with E-state index in [-0.39, 0.29) is 24.7 Å². The number of ether oxygens (including phenoxy) is 1. The number of hydrogen-bond acceptors (Lipinski definition) is 3. The molecule has 0 saturated heterocycles. The summed E-state index contributed by atoms with van der Waals surface area (Å²) in [5.41, 5.74) is 0.667. The molecule has 1 rings (SSSR count). The standard InChI is InChI=1S/C13H15FO3/c1-10(16)3-2-4-11-5-6-13(12(14)9-11)17-8-7-15/h2,4-6,9,15H,3,7-8H2,1H3. The first-order valence-electron chi connectivity index (χ1n) is 5.32. The Morgan fingerprint density at radius 3 is 2.88 bits per heavy atom. The zero-order valence-corrected chi connectivity index (χ0v) is 9.65. The van der Waals surface area contributed by atoms with Crippen LogP contribution in [0.1, 0.15) is 18.9 Å². The molecule has 0 fully saturated rings. The molecule has 0 aliphatic rings. The van der Waals surface area contributed by atoms with Gasteiger partial charge in [0.05, 0.1) is 6.61 Å². The van der Waals surface area contributed by atoms with Crippen LogP contribution in [0, 0.1) is 5.82 Å². The largest absolute Gasteiger partial charge is 0.488 e. The molecule has 4 heteroatoms. The van der Waals surface area contributed by atoms with Gasteiger partial charge in [-0.1, -0.05) is 18.2 Å². The smallest absolute Gasteiger partial charge is 0.165 e. The summed E-state index contributed by atoms with van der Waals surface area (Å²) in [4.78, 5) is 10.7. The summed E-state index contributed by atoms with van der Waals surface area (Å²) < 4.78 is 18.4. The summed E-state index contributed by atoms with van der Waals surface area (Å²) in [6, 6.07) is 4.51. The molecular formula is C13H15FO3. The Labute approximate surface area is 99.5 Å². The van der Waals surface area contributed by atoms with E-state index in [1.54, 1.807) is 18.2 Å². The van der Waals surface area contributed by atoms with Crippen molar-refractivity contribution in [2.24, 2.45) is 0 Å². The van der Waals surface area contributed by atoms with E-state index >= 15 is 0 Å². The minimum absolute atomic E-state index is 0.0598. The van der Waals surface area contributed by atoms with Crippen LogP contribution in [0.4, 0.5) is 4.39 Å². The number of allylic oxidation sites excluding steroid dienone is 1. The lowest BCUT2D eigenvalue weighted by Crippen LogP contribution is -2.03. The Bertz CT molecular complexity index is 413. The van der Waals surface area contributed by atoms with Gasteiger partial charge in [0, 0.05) is 6.42 Å². The molecular weight excluding hydrogens is 223 g/mol. The fourth-order valence-corrected chi connectivity index (χ4v) is 1.25. The molecule has 0 aromatic heterocycles. The van der Waals surface area contributed by atoms with Gasteiger partial charge in [0.2, 0.25) is 0 Å². The third kappa shape index (κ3) is 4.78. The number of aliphatic hydroxyl groups is 1. The van der Waals surface area contributed by atoms with E-state index in [2.05, 4.69) is 0 Å². The van der Waals surface area contributed by atoms with Crippen LogP contribution in [-0.2, 0) is 4.79 Å². The molecule has 0 atom stereocenters. The molecule has 0 amide bonds. The van der Waals surface area contributed by atoms with Crippen molar-refractivity contribution in [1.82, 2.24) is 0 Å². The van der Waals surface area contributed by atoms with Gasteiger partial charge in [0.1, 0.15) is 12.4 Å². The van der Waals surface area contributed by atoms with Crippen LogP contribution in [0.2, 0.25) is 0 Å². The van der Waals surface area contributed by atoms with Crippen LogP contribution in [-0.4, -0.2) is 24.1 Å². The highest BCUT2D eigenvalue weighted by atomic mass is 19.1. The summed E-state index contributed by atoms with van der Waals surface area (Å²) in [6.07, 6.45) is 3.70. The zero-order valence-electron chi connectivity index (χ0n) is 9.65. The average Bonchev–Trinajstić information content (AvgIpc) is 2.27. The topological polar surface area (TPSA) is 46.5 Å². The van der Waals surface area contributed by atoms with Gasteiger partial charge in [0.25, 0.3) is 0 Å². The summed E-state index contributed by atoms with van der Waals surface area (Å²) in [6.45, 7) is 1.41. The Kier molecular flexibility index (Phi) is 5.36. The first kappa shape index (κ1) is 13.4. The van der Waals surface area contributed by atoms with Crippen molar-refractivity contribution >= 4 is 11.9 Å². The molecule has 0 heterocycles. The zero-order chi connectivity index (χ0) is 12.7. The quantitative estimate of drug-likeness (QED) is 0.826. The van der Waals surface area contributed by atoms with Crippen molar-refractivity contribution in [3.8, 4) is 5.75 Å². The van der Waals surface area contributed by atoms with E-state index in [0.717, 1.165) is 0 Å². The number of ketones is 1. The molecule has 0 bridgehead atoms. The number of carbonyl (C=O) groups excluding carboxylic acids is 1. The summed E-state index contributed by atoms with van der Waals surface area (Å²) in [5, 5.41) is 8.55. The Hall–Kier alpha value is -1.68. The van der Waals surface area contributed by atoms with E-state index in [4.69, 9.17) is 9.84 Å². The van der Waals surface area contributed by atoms with E-state index in [1.807, 2.05) is 0 Å². The lowest BCUT2D eigenvalue weighted by molar-refractivity contribution is -0.116. The molecule has 0 aliphatic heterocycles. The number of Topliss-reactive ketones (excluding diaryl/α,β-unsaturated/α-hetero) is 1. The number of carbonyl (C=O) groups is 1. The van der Waals surface area contributed by atoms with Gasteiger partial charge in [-0.25, -0.2) is 4.39 Å². The van der Waals surface area contributed by atoms with Gasteiger partial charge in [-0.2, -0.15) is 0 Å². The molecule has 0 aliphatic carbocycles. The molecule has 0 spiro atoms. The molecule has 92 valence electrons. The van der Waals surface area contributed by atoms with Crippen LogP contribution < -0.4 is 4.74 Å². The number of hydrogen-bond donors (Lipinski definition) is 1. The summed E-state index contributed by atoms with van der Waals surface area (Å²) in [5.74, 6) is -0.309. The first-order valence-corrected chi connectivity index (χ1v) is 5.32. The number of halogens is 1. The van der Waals surface area contributed by atoms with Crippen molar-refractivity contribution in [1.29, 1.82) is 0 Å². The maximum absolute atomic E-state index is 13.5. The number of rotatable bonds is 6. The minimum atomic E-state index is -0.483. The van der Waals surface area contributed by atoms with Gasteiger partial charge in [-0.3, -0.25) is 4.79 Å². The normalized spacial score (nSPS) is 10.8. The highest BCUT2D eigenvalue weighted by Crippen LogP contribution is 2.19. The van der Waals surface area contributed by atoms with Gasteiger partial charge in [0.15, 0.2) is 11.6 Å². The van der Waals surface area contributed by atoms with Gasteiger partial charge >= 0.3 is 0 Å². The average molecular weight is 238 g/mol. The van der Waals surface area contributed by atoms with Crippen molar-refractivity contribution in [2.75, 3.05) is 13.2 Å². The Morgan fingerprint density at radius 1 is 1.53 bits per heavy atom. The van der Waals surface area contributed by atoms with E-state index in [1.165, 1.54) is 19.1 Å². The van der Waals surface area contributed by atoms with Crippen molar-refractivity contribution < 1.29 is 19.0 Å². The first-order chi connectivity index (χ1) is 8.13. The number of aliphatic hydroxyl groups excluding tert-OH is 1. The van der Waals surface area contributed by atoms with Crippen molar-refractivity contribution in [3.63, 3.8) is 0 Å². The van der Waals surface area contributed by atoms with E-state index in [9.17, 15) is 9.18 Å². The van der Waals surface area contributed by atoms with Gasteiger partial charge < -0.3 is 9.84 Å². The van der Waals surface area contributed by atoms with Crippen LogP contribution in [0.5, 0.6) is 5.75 Å². The lowest BCUT2D eigenvalue weighted by atomic mass is 10.1. The molecule has 1 aromatic carbocycles.